The lowest BCUT2D eigenvalue weighted by Gasteiger charge is -2.26. The van der Waals surface area contributed by atoms with E-state index in [1.807, 2.05) is 0 Å². The van der Waals surface area contributed by atoms with Crippen LogP contribution in [0, 0.1) is 5.82 Å². The number of benzene rings is 1. The molecule has 1 aromatic carbocycles. The van der Waals surface area contributed by atoms with Crippen molar-refractivity contribution in [3.63, 3.8) is 0 Å². The van der Waals surface area contributed by atoms with E-state index >= 15 is 0 Å². The number of rotatable bonds is 2. The van der Waals surface area contributed by atoms with Crippen LogP contribution in [0.1, 0.15) is 11.3 Å². The van der Waals surface area contributed by atoms with Crippen LogP contribution in [0.4, 0.5) is 10.2 Å². The largest absolute Gasteiger partial charge is 0.360 e. The van der Waals surface area contributed by atoms with E-state index in [0.29, 0.717) is 24.2 Å². The zero-order valence-corrected chi connectivity index (χ0v) is 11.7. The maximum Gasteiger partial charge on any atom is 0.147 e. The molecule has 0 saturated carbocycles. The van der Waals surface area contributed by atoms with E-state index in [0.717, 1.165) is 23.7 Å². The van der Waals surface area contributed by atoms with E-state index in [2.05, 4.69) is 20.0 Å². The van der Waals surface area contributed by atoms with Crippen molar-refractivity contribution in [3.8, 4) is 11.3 Å². The molecule has 0 aliphatic carbocycles. The number of fused-ring (bicyclic) bond motifs is 1. The molecule has 6 heteroatoms. The first kappa shape index (κ1) is 12.9. The van der Waals surface area contributed by atoms with Crippen LogP contribution in [-0.4, -0.2) is 21.7 Å². The predicted molar refractivity (Wildman–Crippen MR) is 78.7 cm³/mol. The molecule has 110 valence electrons. The molecule has 1 aliphatic rings. The highest BCUT2D eigenvalue weighted by molar-refractivity contribution is 5.65. The summed E-state index contributed by atoms with van der Waals surface area (Å²) in [5.74, 6) is 1.32. The summed E-state index contributed by atoms with van der Waals surface area (Å²) in [6, 6.07) is 6.61. The maximum absolute atomic E-state index is 14.0. The van der Waals surface area contributed by atoms with Crippen LogP contribution in [0.3, 0.4) is 0 Å². The molecule has 0 atom stereocenters. The van der Waals surface area contributed by atoms with Gasteiger partial charge in [0.25, 0.3) is 0 Å². The van der Waals surface area contributed by atoms with Crippen molar-refractivity contribution in [1.29, 1.82) is 0 Å². The fourth-order valence-corrected chi connectivity index (χ4v) is 2.72. The van der Waals surface area contributed by atoms with Crippen LogP contribution in [-0.2, 0) is 13.0 Å². The Bertz CT molecular complexity index is 803. The normalized spacial score (nSPS) is 14.0. The first-order valence-electron chi connectivity index (χ1n) is 7.06. The average molecular weight is 296 g/mol. The molecule has 0 spiro atoms. The molecule has 5 nitrogen and oxygen atoms in total. The Kier molecular flexibility index (Phi) is 3.07. The van der Waals surface area contributed by atoms with Crippen molar-refractivity contribution in [2.75, 3.05) is 11.4 Å². The third-order valence-electron chi connectivity index (χ3n) is 3.83. The van der Waals surface area contributed by atoms with Gasteiger partial charge in [-0.2, -0.15) is 0 Å². The van der Waals surface area contributed by atoms with Crippen molar-refractivity contribution in [3.05, 3.63) is 60.0 Å². The fourth-order valence-electron chi connectivity index (χ4n) is 2.72. The van der Waals surface area contributed by atoms with Gasteiger partial charge in [-0.1, -0.05) is 17.3 Å². The number of halogens is 1. The number of nitrogens with zero attached hydrogens (tertiary/aromatic N) is 4. The van der Waals surface area contributed by atoms with Gasteiger partial charge in [-0.25, -0.2) is 9.37 Å². The van der Waals surface area contributed by atoms with Crippen molar-refractivity contribution in [2.45, 2.75) is 13.0 Å². The van der Waals surface area contributed by atoms with Crippen molar-refractivity contribution in [1.82, 2.24) is 15.1 Å². The zero-order chi connectivity index (χ0) is 14.9. The lowest BCUT2D eigenvalue weighted by molar-refractivity contribution is 0.378. The highest BCUT2D eigenvalue weighted by atomic mass is 19.1. The molecule has 4 rings (SSSR count). The predicted octanol–water partition coefficient (Wildman–Crippen LogP) is 2.83. The van der Waals surface area contributed by atoms with E-state index in [1.165, 1.54) is 6.07 Å². The van der Waals surface area contributed by atoms with Crippen molar-refractivity contribution < 1.29 is 8.91 Å². The molecular weight excluding hydrogens is 283 g/mol. The van der Waals surface area contributed by atoms with Gasteiger partial charge < -0.3 is 9.42 Å². The summed E-state index contributed by atoms with van der Waals surface area (Å²) in [5.41, 5.74) is 1.96. The second-order valence-electron chi connectivity index (χ2n) is 5.15. The molecule has 3 heterocycles. The lowest BCUT2D eigenvalue weighted by Crippen LogP contribution is -2.30. The molecule has 3 aromatic rings. The summed E-state index contributed by atoms with van der Waals surface area (Å²) < 4.78 is 19.4. The van der Waals surface area contributed by atoms with Gasteiger partial charge in [0.2, 0.25) is 0 Å². The van der Waals surface area contributed by atoms with Crippen LogP contribution in [0.25, 0.3) is 11.3 Å². The Morgan fingerprint density at radius 2 is 2.09 bits per heavy atom. The second kappa shape index (κ2) is 5.22. The molecule has 0 fully saturated rings. The van der Waals surface area contributed by atoms with Crippen molar-refractivity contribution in [2.24, 2.45) is 0 Å². The van der Waals surface area contributed by atoms with Gasteiger partial charge in [-0.3, -0.25) is 4.98 Å². The van der Waals surface area contributed by atoms with Gasteiger partial charge in [0.1, 0.15) is 23.1 Å². The van der Waals surface area contributed by atoms with Crippen LogP contribution in [0.15, 0.2) is 47.4 Å². The molecule has 1 aliphatic heterocycles. The van der Waals surface area contributed by atoms with Gasteiger partial charge in [0, 0.05) is 36.5 Å². The molecule has 0 saturated heterocycles. The maximum atomic E-state index is 14.0. The van der Waals surface area contributed by atoms with Gasteiger partial charge in [0.15, 0.2) is 0 Å². The first-order valence-corrected chi connectivity index (χ1v) is 7.06. The SMILES string of the molecule is Fc1ccccc1-c1noc2c1CN(c1cnccn1)CC2. The number of anilines is 1. The van der Waals surface area contributed by atoms with Gasteiger partial charge in [-0.15, -0.1) is 0 Å². The summed E-state index contributed by atoms with van der Waals surface area (Å²) in [7, 11) is 0. The Hall–Kier alpha value is -2.76. The molecule has 0 radical (unpaired) electrons. The Morgan fingerprint density at radius 3 is 2.91 bits per heavy atom. The Balaban J connectivity index is 1.73. The zero-order valence-electron chi connectivity index (χ0n) is 11.7. The minimum atomic E-state index is -0.296. The summed E-state index contributed by atoms with van der Waals surface area (Å²) in [6.07, 6.45) is 5.74. The van der Waals surface area contributed by atoms with E-state index in [-0.39, 0.29) is 5.82 Å². The standard InChI is InChI=1S/C16H13FN4O/c17-13-4-2-1-3-11(13)16-12-10-21(8-5-14(12)22-20-16)15-9-18-6-7-19-15/h1-4,6-7,9H,5,8,10H2. The van der Waals surface area contributed by atoms with Crippen LogP contribution < -0.4 is 4.90 Å². The minimum absolute atomic E-state index is 0.296. The van der Waals surface area contributed by atoms with Crippen LogP contribution in [0.2, 0.25) is 0 Å². The molecule has 0 N–H and O–H groups in total. The summed E-state index contributed by atoms with van der Waals surface area (Å²) in [4.78, 5) is 10.5. The van der Waals surface area contributed by atoms with Crippen LogP contribution >= 0.6 is 0 Å². The first-order chi connectivity index (χ1) is 10.8. The van der Waals surface area contributed by atoms with Gasteiger partial charge in [0.05, 0.1) is 12.7 Å². The number of hydrogen-bond donors (Lipinski definition) is 0. The topological polar surface area (TPSA) is 55.1 Å². The number of hydrogen-bond acceptors (Lipinski definition) is 5. The van der Waals surface area contributed by atoms with E-state index in [9.17, 15) is 4.39 Å². The Labute approximate surface area is 126 Å². The summed E-state index contributed by atoms with van der Waals surface area (Å²) in [5, 5.41) is 4.08. The van der Waals surface area contributed by atoms with E-state index in [4.69, 9.17) is 4.52 Å². The highest BCUT2D eigenvalue weighted by Gasteiger charge is 2.26. The summed E-state index contributed by atoms with van der Waals surface area (Å²) >= 11 is 0. The molecule has 2 aromatic heterocycles. The van der Waals surface area contributed by atoms with Crippen molar-refractivity contribution >= 4 is 5.82 Å². The highest BCUT2D eigenvalue weighted by Crippen LogP contribution is 2.32. The summed E-state index contributed by atoms with van der Waals surface area (Å²) in [6.45, 7) is 1.36. The third-order valence-corrected chi connectivity index (χ3v) is 3.83. The molecule has 0 bridgehead atoms. The van der Waals surface area contributed by atoms with E-state index < -0.39 is 0 Å². The molecule has 0 unspecified atom stereocenters. The van der Waals surface area contributed by atoms with Gasteiger partial charge in [-0.05, 0) is 12.1 Å². The molecule has 22 heavy (non-hydrogen) atoms. The van der Waals surface area contributed by atoms with Crippen LogP contribution in [0.5, 0.6) is 0 Å². The van der Waals surface area contributed by atoms with Gasteiger partial charge >= 0.3 is 0 Å². The molecule has 0 amide bonds. The third kappa shape index (κ3) is 2.13. The molecular formula is C16H13FN4O. The second-order valence-corrected chi connectivity index (χ2v) is 5.15. The monoisotopic (exact) mass is 296 g/mol. The number of aromatic nitrogens is 3. The fraction of sp³-hybridized carbons (Fsp3) is 0.188. The van der Waals surface area contributed by atoms with E-state index in [1.54, 1.807) is 36.8 Å². The average Bonchev–Trinajstić information content (AvgIpc) is 2.99. The smallest absolute Gasteiger partial charge is 0.147 e. The lowest BCUT2D eigenvalue weighted by atomic mass is 10.0. The minimum Gasteiger partial charge on any atom is -0.360 e. The quantitative estimate of drug-likeness (QED) is 0.728. The Morgan fingerprint density at radius 1 is 1.18 bits per heavy atom.